The van der Waals surface area contributed by atoms with E-state index in [0.717, 1.165) is 6.20 Å². The Balaban J connectivity index is 1.34. The summed E-state index contributed by atoms with van der Waals surface area (Å²) >= 11 is 6.45. The number of amides is 2. The lowest BCUT2D eigenvalue weighted by Crippen LogP contribution is -2.53. The molecular weight excluding hydrogens is 539 g/mol. The first kappa shape index (κ1) is 26.4. The van der Waals surface area contributed by atoms with Gasteiger partial charge in [0.15, 0.2) is 17.2 Å². The fourth-order valence-electron chi connectivity index (χ4n) is 4.40. The molecular formula is C24H23ClF3N9O2. The highest BCUT2D eigenvalue weighted by Gasteiger charge is 2.37. The Kier molecular flexibility index (Phi) is 6.91. The van der Waals surface area contributed by atoms with Gasteiger partial charge in [-0.15, -0.1) is 0 Å². The number of carbonyl (C=O) groups is 2. The maximum atomic E-state index is 13.4. The molecule has 4 aromatic rings. The zero-order valence-corrected chi connectivity index (χ0v) is 21.3. The highest BCUT2D eigenvalue weighted by Crippen LogP contribution is 2.36. The van der Waals surface area contributed by atoms with Crippen molar-refractivity contribution in [2.45, 2.75) is 19.1 Å². The third-order valence-corrected chi connectivity index (χ3v) is 6.66. The van der Waals surface area contributed by atoms with Gasteiger partial charge in [0.05, 0.1) is 34.1 Å². The molecule has 3 aromatic heterocycles. The summed E-state index contributed by atoms with van der Waals surface area (Å²) < 4.78 is 41.6. The Labute approximate surface area is 224 Å². The number of nitrogens with two attached hydrogens (primary N) is 1. The largest absolute Gasteiger partial charge is 0.435 e. The smallest absolute Gasteiger partial charge is 0.338 e. The first-order chi connectivity index (χ1) is 18.5. The molecule has 11 nitrogen and oxygen atoms in total. The number of nitrogens with zero attached hydrogens (tertiary/aromatic N) is 6. The molecule has 0 aliphatic carbocycles. The van der Waals surface area contributed by atoms with Crippen molar-refractivity contribution in [1.82, 2.24) is 34.4 Å². The number of hydrogen-bond acceptors (Lipinski definition) is 7. The summed E-state index contributed by atoms with van der Waals surface area (Å²) in [4.78, 5) is 36.9. The van der Waals surface area contributed by atoms with Crippen LogP contribution in [0.4, 0.5) is 24.7 Å². The van der Waals surface area contributed by atoms with Crippen molar-refractivity contribution in [3.05, 3.63) is 59.3 Å². The molecule has 1 aliphatic heterocycles. The standard InChI is InChI=1S/C24H23ClF3N9O2/c1-13(29)22(38)35-6-8-36(9-7-35)23(39)15-3-2-14(10-17(15)25)33-20-21-31-12-18(37(21)5-4-30-20)16-11-32-34-19(16)24(26,27)28/h2-5,10-13H,6-9,29H2,1H3,(H,30,33)(H,32,34)/t13-/m1/s1. The number of aromatic nitrogens is 5. The maximum absolute atomic E-state index is 13.4. The summed E-state index contributed by atoms with van der Waals surface area (Å²) in [5.41, 5.74) is 5.71. The van der Waals surface area contributed by atoms with E-state index in [4.69, 9.17) is 17.3 Å². The van der Waals surface area contributed by atoms with Crippen LogP contribution in [-0.4, -0.2) is 78.4 Å². The number of alkyl halides is 3. The number of rotatable bonds is 5. The summed E-state index contributed by atoms with van der Waals surface area (Å²) in [6, 6.07) is 4.17. The van der Waals surface area contributed by atoms with E-state index in [1.807, 2.05) is 0 Å². The SMILES string of the molecule is C[C@@H](N)C(=O)N1CCN(C(=O)c2ccc(Nc3nccn4c(-c5c[nH]nc5C(F)(F)F)cnc34)cc2Cl)CC1. The lowest BCUT2D eigenvalue weighted by atomic mass is 10.1. The second-order valence-electron chi connectivity index (χ2n) is 8.98. The van der Waals surface area contributed by atoms with E-state index in [-0.39, 0.29) is 39.6 Å². The molecule has 2 amide bonds. The summed E-state index contributed by atoms with van der Waals surface area (Å²) in [6.45, 7) is 3.10. The topological polar surface area (TPSA) is 138 Å². The molecule has 4 heterocycles. The summed E-state index contributed by atoms with van der Waals surface area (Å²) in [7, 11) is 0. The average molecular weight is 562 g/mol. The van der Waals surface area contributed by atoms with E-state index in [1.165, 1.54) is 23.0 Å². The number of fused-ring (bicyclic) bond motifs is 1. The monoisotopic (exact) mass is 561 g/mol. The van der Waals surface area contributed by atoms with Gasteiger partial charge >= 0.3 is 6.18 Å². The van der Waals surface area contributed by atoms with Gasteiger partial charge < -0.3 is 20.9 Å². The van der Waals surface area contributed by atoms with Gasteiger partial charge in [-0.05, 0) is 25.1 Å². The van der Waals surface area contributed by atoms with Gasteiger partial charge in [0.25, 0.3) is 5.91 Å². The number of hydrogen-bond donors (Lipinski definition) is 3. The second-order valence-corrected chi connectivity index (χ2v) is 9.39. The van der Waals surface area contributed by atoms with E-state index < -0.39 is 17.9 Å². The predicted molar refractivity (Wildman–Crippen MR) is 136 cm³/mol. The number of nitrogens with one attached hydrogen (secondary N) is 2. The Morgan fingerprint density at radius 2 is 1.87 bits per heavy atom. The van der Waals surface area contributed by atoms with Crippen LogP contribution in [0.5, 0.6) is 0 Å². The number of carbonyl (C=O) groups excluding carboxylic acids is 2. The maximum Gasteiger partial charge on any atom is 0.435 e. The Hall–Kier alpha value is -4.17. The van der Waals surface area contributed by atoms with Gasteiger partial charge in [0, 0.05) is 50.5 Å². The van der Waals surface area contributed by atoms with Crippen LogP contribution in [0.3, 0.4) is 0 Å². The number of halogens is 4. The summed E-state index contributed by atoms with van der Waals surface area (Å²) in [5, 5.41) is 8.85. The van der Waals surface area contributed by atoms with E-state index in [1.54, 1.807) is 34.9 Å². The highest BCUT2D eigenvalue weighted by molar-refractivity contribution is 6.34. The Bertz CT molecular complexity index is 1540. The lowest BCUT2D eigenvalue weighted by molar-refractivity contribution is -0.140. The van der Waals surface area contributed by atoms with Crippen LogP contribution in [0.15, 0.2) is 43.0 Å². The predicted octanol–water partition coefficient (Wildman–Crippen LogP) is 3.17. The highest BCUT2D eigenvalue weighted by atomic mass is 35.5. The first-order valence-electron chi connectivity index (χ1n) is 11.9. The minimum Gasteiger partial charge on any atom is -0.338 e. The van der Waals surface area contributed by atoms with Gasteiger partial charge in [0.1, 0.15) is 0 Å². The van der Waals surface area contributed by atoms with E-state index in [0.29, 0.717) is 37.4 Å². The van der Waals surface area contributed by atoms with Crippen LogP contribution >= 0.6 is 11.6 Å². The molecule has 39 heavy (non-hydrogen) atoms. The molecule has 0 spiro atoms. The Morgan fingerprint density at radius 3 is 2.54 bits per heavy atom. The second kappa shape index (κ2) is 10.2. The lowest BCUT2D eigenvalue weighted by Gasteiger charge is -2.35. The van der Waals surface area contributed by atoms with E-state index in [2.05, 4.69) is 25.5 Å². The van der Waals surface area contributed by atoms with Crippen LogP contribution in [0.1, 0.15) is 23.0 Å². The molecule has 4 N–H and O–H groups in total. The van der Waals surface area contributed by atoms with Gasteiger partial charge in [-0.3, -0.25) is 19.1 Å². The van der Waals surface area contributed by atoms with Crippen LogP contribution < -0.4 is 11.1 Å². The fraction of sp³-hybridized carbons (Fsp3) is 0.292. The number of aromatic amines is 1. The number of benzene rings is 1. The zero-order valence-electron chi connectivity index (χ0n) is 20.5. The van der Waals surface area contributed by atoms with Crippen molar-refractivity contribution in [1.29, 1.82) is 0 Å². The van der Waals surface area contributed by atoms with Gasteiger partial charge in [-0.1, -0.05) is 11.6 Å². The zero-order chi connectivity index (χ0) is 27.9. The normalized spacial score (nSPS) is 15.0. The fourth-order valence-corrected chi connectivity index (χ4v) is 4.66. The van der Waals surface area contributed by atoms with Crippen molar-refractivity contribution in [3.63, 3.8) is 0 Å². The van der Waals surface area contributed by atoms with Crippen molar-refractivity contribution in [2.75, 3.05) is 31.5 Å². The molecule has 0 radical (unpaired) electrons. The third-order valence-electron chi connectivity index (χ3n) is 6.34. The molecule has 0 unspecified atom stereocenters. The molecule has 1 aromatic carbocycles. The average Bonchev–Trinajstić information content (AvgIpc) is 3.56. The number of H-pyrrole nitrogens is 1. The quantitative estimate of drug-likeness (QED) is 0.340. The van der Waals surface area contributed by atoms with Crippen molar-refractivity contribution in [2.24, 2.45) is 5.73 Å². The molecule has 0 saturated carbocycles. The number of anilines is 2. The number of piperazine rings is 1. The minimum absolute atomic E-state index is 0.152. The van der Waals surface area contributed by atoms with E-state index >= 15 is 0 Å². The van der Waals surface area contributed by atoms with Crippen molar-refractivity contribution in [3.8, 4) is 11.3 Å². The van der Waals surface area contributed by atoms with Gasteiger partial charge in [0.2, 0.25) is 5.91 Å². The Morgan fingerprint density at radius 1 is 1.15 bits per heavy atom. The molecule has 5 rings (SSSR count). The molecule has 1 aliphatic rings. The molecule has 1 fully saturated rings. The van der Waals surface area contributed by atoms with Crippen molar-refractivity contribution < 1.29 is 22.8 Å². The van der Waals surface area contributed by atoms with E-state index in [9.17, 15) is 22.8 Å². The van der Waals surface area contributed by atoms with Gasteiger partial charge in [-0.2, -0.15) is 18.3 Å². The van der Waals surface area contributed by atoms with Crippen LogP contribution in [0, 0.1) is 0 Å². The summed E-state index contributed by atoms with van der Waals surface area (Å²) in [5.74, 6) is -0.154. The van der Waals surface area contributed by atoms with Gasteiger partial charge in [-0.25, -0.2) is 9.97 Å². The van der Waals surface area contributed by atoms with Crippen LogP contribution in [0.2, 0.25) is 5.02 Å². The third kappa shape index (κ3) is 5.12. The minimum atomic E-state index is -4.64. The molecule has 1 saturated heterocycles. The van der Waals surface area contributed by atoms with Crippen LogP contribution in [-0.2, 0) is 11.0 Å². The molecule has 1 atom stereocenters. The van der Waals surface area contributed by atoms with Crippen LogP contribution in [0.25, 0.3) is 16.9 Å². The first-order valence-corrected chi connectivity index (χ1v) is 12.3. The number of imidazole rings is 1. The summed E-state index contributed by atoms with van der Waals surface area (Å²) in [6.07, 6.45) is 0.733. The molecule has 15 heteroatoms. The van der Waals surface area contributed by atoms with Crippen molar-refractivity contribution >= 4 is 40.6 Å². The molecule has 0 bridgehead atoms. The molecule has 204 valence electrons.